The topological polar surface area (TPSA) is 78.0 Å². The number of amides is 1. The summed E-state index contributed by atoms with van der Waals surface area (Å²) < 4.78 is 5.46. The van der Waals surface area contributed by atoms with E-state index >= 15 is 0 Å². The van der Waals surface area contributed by atoms with Crippen LogP contribution in [-0.4, -0.2) is 51.7 Å². The fourth-order valence-electron chi connectivity index (χ4n) is 3.29. The van der Waals surface area contributed by atoms with Crippen LogP contribution in [0.3, 0.4) is 0 Å². The summed E-state index contributed by atoms with van der Waals surface area (Å²) in [7, 11) is 3.35. The Bertz CT molecular complexity index is 859. The molecule has 1 fully saturated rings. The zero-order valence-corrected chi connectivity index (χ0v) is 17.4. The molecule has 7 nitrogen and oxygen atoms in total. The van der Waals surface area contributed by atoms with Crippen LogP contribution in [0, 0.1) is 0 Å². The van der Waals surface area contributed by atoms with Crippen molar-refractivity contribution >= 4 is 34.8 Å². The van der Waals surface area contributed by atoms with Gasteiger partial charge in [-0.1, -0.05) is 29.8 Å². The third kappa shape index (κ3) is 5.77. The molecule has 29 heavy (non-hydrogen) atoms. The molecule has 3 N–H and O–H groups in total. The number of benzene rings is 2. The Hall–Kier alpha value is -2.93. The zero-order valence-electron chi connectivity index (χ0n) is 16.6. The van der Waals surface area contributed by atoms with Crippen LogP contribution in [-0.2, 0) is 4.79 Å². The van der Waals surface area contributed by atoms with E-state index in [0.717, 1.165) is 36.6 Å². The molecular weight excluding hydrogens is 390 g/mol. The SMILES string of the molecule is CN=C(NCC(=O)Nc1ccccc1)NC1CCN(c2cc(Cl)ccc2OC)C1. The molecule has 154 valence electrons. The van der Waals surface area contributed by atoms with Gasteiger partial charge in [0.05, 0.1) is 19.3 Å². The largest absolute Gasteiger partial charge is 0.495 e. The minimum atomic E-state index is -0.129. The molecule has 1 amide bonds. The van der Waals surface area contributed by atoms with Crippen molar-refractivity contribution in [3.05, 3.63) is 53.6 Å². The number of guanidine groups is 1. The average molecular weight is 416 g/mol. The molecular formula is C21H26ClN5O2. The van der Waals surface area contributed by atoms with Crippen molar-refractivity contribution in [1.82, 2.24) is 10.6 Å². The molecule has 1 aliphatic heterocycles. The minimum Gasteiger partial charge on any atom is -0.495 e. The number of anilines is 2. The first-order valence-electron chi connectivity index (χ1n) is 9.49. The first kappa shape index (κ1) is 20.8. The van der Waals surface area contributed by atoms with E-state index in [1.54, 1.807) is 14.2 Å². The average Bonchev–Trinajstić information content (AvgIpc) is 3.20. The molecule has 1 atom stereocenters. The second-order valence-electron chi connectivity index (χ2n) is 6.73. The number of nitrogens with zero attached hydrogens (tertiary/aromatic N) is 2. The summed E-state index contributed by atoms with van der Waals surface area (Å²) in [5.41, 5.74) is 1.75. The number of rotatable bonds is 6. The van der Waals surface area contributed by atoms with Crippen LogP contribution >= 0.6 is 11.6 Å². The van der Waals surface area contributed by atoms with Crippen LogP contribution < -0.4 is 25.6 Å². The molecule has 0 radical (unpaired) electrons. The number of aliphatic imine (C=N–C) groups is 1. The summed E-state index contributed by atoms with van der Waals surface area (Å²) in [6, 6.07) is 15.2. The smallest absolute Gasteiger partial charge is 0.243 e. The van der Waals surface area contributed by atoms with Crippen molar-refractivity contribution < 1.29 is 9.53 Å². The van der Waals surface area contributed by atoms with Gasteiger partial charge in [0.25, 0.3) is 0 Å². The minimum absolute atomic E-state index is 0.129. The van der Waals surface area contributed by atoms with Crippen LogP contribution in [0.25, 0.3) is 0 Å². The number of carbonyl (C=O) groups is 1. The lowest BCUT2D eigenvalue weighted by molar-refractivity contribution is -0.115. The molecule has 1 saturated heterocycles. The Morgan fingerprint density at radius 2 is 2.07 bits per heavy atom. The molecule has 0 aromatic heterocycles. The van der Waals surface area contributed by atoms with Gasteiger partial charge in [-0.3, -0.25) is 9.79 Å². The highest BCUT2D eigenvalue weighted by atomic mass is 35.5. The second-order valence-corrected chi connectivity index (χ2v) is 7.17. The van der Waals surface area contributed by atoms with Gasteiger partial charge in [0.1, 0.15) is 5.75 Å². The number of hydrogen-bond acceptors (Lipinski definition) is 4. The Morgan fingerprint density at radius 1 is 1.28 bits per heavy atom. The quantitative estimate of drug-likeness (QED) is 0.499. The lowest BCUT2D eigenvalue weighted by Crippen LogP contribution is -2.46. The van der Waals surface area contributed by atoms with Gasteiger partial charge in [-0.15, -0.1) is 0 Å². The highest BCUT2D eigenvalue weighted by molar-refractivity contribution is 6.30. The first-order chi connectivity index (χ1) is 14.1. The number of hydrogen-bond donors (Lipinski definition) is 3. The molecule has 2 aromatic carbocycles. The predicted molar refractivity (Wildman–Crippen MR) is 118 cm³/mol. The van der Waals surface area contributed by atoms with Crippen LogP contribution in [0.4, 0.5) is 11.4 Å². The molecule has 1 heterocycles. The standard InChI is InChI=1S/C21H26ClN5O2/c1-23-21(24-13-20(28)25-16-6-4-3-5-7-16)26-17-10-11-27(14-17)18-12-15(22)8-9-19(18)29-2/h3-9,12,17H,10-11,13-14H2,1-2H3,(H,25,28)(H2,23,24,26). The second kappa shape index (κ2) is 10.0. The molecule has 0 spiro atoms. The van der Waals surface area contributed by atoms with Gasteiger partial charge in [-0.2, -0.15) is 0 Å². The van der Waals surface area contributed by atoms with Crippen molar-refractivity contribution in [2.24, 2.45) is 4.99 Å². The van der Waals surface area contributed by atoms with Crippen molar-refractivity contribution in [3.8, 4) is 5.75 Å². The monoisotopic (exact) mass is 415 g/mol. The number of nitrogens with one attached hydrogen (secondary N) is 3. The van der Waals surface area contributed by atoms with Crippen LogP contribution in [0.1, 0.15) is 6.42 Å². The third-order valence-electron chi connectivity index (χ3n) is 4.71. The van der Waals surface area contributed by atoms with E-state index in [4.69, 9.17) is 16.3 Å². The van der Waals surface area contributed by atoms with Crippen molar-refractivity contribution in [2.45, 2.75) is 12.5 Å². The molecule has 1 aliphatic rings. The summed E-state index contributed by atoms with van der Waals surface area (Å²) >= 11 is 6.16. The van der Waals surface area contributed by atoms with Crippen LogP contribution in [0.15, 0.2) is 53.5 Å². The van der Waals surface area contributed by atoms with E-state index < -0.39 is 0 Å². The van der Waals surface area contributed by atoms with Gasteiger partial charge in [-0.05, 0) is 36.8 Å². The third-order valence-corrected chi connectivity index (χ3v) is 4.94. The van der Waals surface area contributed by atoms with Gasteiger partial charge < -0.3 is 25.6 Å². The van der Waals surface area contributed by atoms with Gasteiger partial charge in [-0.25, -0.2) is 0 Å². The molecule has 2 aromatic rings. The predicted octanol–water partition coefficient (Wildman–Crippen LogP) is 2.73. The summed E-state index contributed by atoms with van der Waals surface area (Å²) in [5.74, 6) is 1.27. The maximum atomic E-state index is 12.1. The lowest BCUT2D eigenvalue weighted by atomic mass is 10.2. The summed E-state index contributed by atoms with van der Waals surface area (Å²) in [5, 5.41) is 9.97. The van der Waals surface area contributed by atoms with E-state index in [2.05, 4.69) is 25.8 Å². The Balaban J connectivity index is 1.50. The fraction of sp³-hybridized carbons (Fsp3) is 0.333. The molecule has 3 rings (SSSR count). The number of carbonyl (C=O) groups excluding carboxylic acids is 1. The van der Waals surface area contributed by atoms with Gasteiger partial charge in [0, 0.05) is 36.9 Å². The molecule has 0 aliphatic carbocycles. The lowest BCUT2D eigenvalue weighted by Gasteiger charge is -2.22. The maximum absolute atomic E-state index is 12.1. The van der Waals surface area contributed by atoms with Crippen molar-refractivity contribution in [2.75, 3.05) is 44.0 Å². The van der Waals surface area contributed by atoms with Crippen LogP contribution in [0.2, 0.25) is 5.02 Å². The van der Waals surface area contributed by atoms with E-state index in [-0.39, 0.29) is 18.5 Å². The highest BCUT2D eigenvalue weighted by Gasteiger charge is 2.25. The highest BCUT2D eigenvalue weighted by Crippen LogP contribution is 2.33. The molecule has 1 unspecified atom stereocenters. The van der Waals surface area contributed by atoms with Gasteiger partial charge in [0.2, 0.25) is 5.91 Å². The zero-order chi connectivity index (χ0) is 20.6. The van der Waals surface area contributed by atoms with E-state index in [1.807, 2.05) is 48.5 Å². The first-order valence-corrected chi connectivity index (χ1v) is 9.87. The number of para-hydroxylation sites is 1. The van der Waals surface area contributed by atoms with Gasteiger partial charge in [0.15, 0.2) is 5.96 Å². The normalized spacial score (nSPS) is 16.4. The number of halogens is 1. The molecule has 8 heteroatoms. The van der Waals surface area contributed by atoms with Gasteiger partial charge >= 0.3 is 0 Å². The summed E-state index contributed by atoms with van der Waals surface area (Å²) in [6.45, 7) is 1.79. The van der Waals surface area contributed by atoms with Crippen molar-refractivity contribution in [3.63, 3.8) is 0 Å². The molecule has 0 bridgehead atoms. The Morgan fingerprint density at radius 3 is 2.79 bits per heavy atom. The Kier molecular flexibility index (Phi) is 7.19. The van der Waals surface area contributed by atoms with E-state index in [1.165, 1.54) is 0 Å². The fourth-order valence-corrected chi connectivity index (χ4v) is 3.45. The number of methoxy groups -OCH3 is 1. The maximum Gasteiger partial charge on any atom is 0.243 e. The van der Waals surface area contributed by atoms with E-state index in [0.29, 0.717) is 11.0 Å². The van der Waals surface area contributed by atoms with Crippen LogP contribution in [0.5, 0.6) is 5.75 Å². The van der Waals surface area contributed by atoms with E-state index in [9.17, 15) is 4.79 Å². The summed E-state index contributed by atoms with van der Waals surface area (Å²) in [4.78, 5) is 18.6. The number of ether oxygens (including phenoxy) is 1. The van der Waals surface area contributed by atoms with Crippen molar-refractivity contribution in [1.29, 1.82) is 0 Å². The Labute approximate surface area is 176 Å². The molecule has 0 saturated carbocycles. The summed E-state index contributed by atoms with van der Waals surface area (Å²) in [6.07, 6.45) is 0.937.